The van der Waals surface area contributed by atoms with Crippen molar-refractivity contribution in [3.05, 3.63) is 29.8 Å². The van der Waals surface area contributed by atoms with E-state index in [4.69, 9.17) is 4.74 Å². The van der Waals surface area contributed by atoms with Gasteiger partial charge in [-0.15, -0.1) is 0 Å². The van der Waals surface area contributed by atoms with Crippen LogP contribution in [0.5, 0.6) is 5.75 Å². The summed E-state index contributed by atoms with van der Waals surface area (Å²) in [5, 5.41) is 3.63. The Balaban J connectivity index is 2.88. The minimum atomic E-state index is 0.435. The Labute approximate surface area is 118 Å². The average Bonchev–Trinajstić information content (AvgIpc) is 2.45. The third-order valence-electron chi connectivity index (χ3n) is 3.63. The lowest BCUT2D eigenvalue weighted by Crippen LogP contribution is -2.27. The first kappa shape index (κ1) is 16.0. The average molecular weight is 263 g/mol. The van der Waals surface area contributed by atoms with Crippen LogP contribution in [0.1, 0.15) is 58.6 Å². The van der Waals surface area contributed by atoms with E-state index in [2.05, 4.69) is 57.3 Å². The second-order valence-electron chi connectivity index (χ2n) is 5.03. The summed E-state index contributed by atoms with van der Waals surface area (Å²) in [4.78, 5) is 0. The maximum absolute atomic E-state index is 5.74. The summed E-state index contributed by atoms with van der Waals surface area (Å²) < 4.78 is 5.74. The van der Waals surface area contributed by atoms with Gasteiger partial charge in [0.05, 0.1) is 6.61 Å². The Kier molecular flexibility index (Phi) is 7.57. The second kappa shape index (κ2) is 8.98. The lowest BCUT2D eigenvalue weighted by atomic mass is 9.88. The van der Waals surface area contributed by atoms with Gasteiger partial charge in [0.15, 0.2) is 0 Å². The highest BCUT2D eigenvalue weighted by Crippen LogP contribution is 2.29. The van der Waals surface area contributed by atoms with E-state index in [1.54, 1.807) is 0 Å². The third-order valence-corrected chi connectivity index (χ3v) is 3.63. The van der Waals surface area contributed by atoms with Gasteiger partial charge < -0.3 is 10.1 Å². The van der Waals surface area contributed by atoms with Crippen LogP contribution in [-0.2, 0) is 0 Å². The molecule has 1 aromatic rings. The van der Waals surface area contributed by atoms with Crippen molar-refractivity contribution in [1.29, 1.82) is 0 Å². The van der Waals surface area contributed by atoms with Gasteiger partial charge in [0.2, 0.25) is 0 Å². The Hall–Kier alpha value is -1.02. The number of hydrogen-bond acceptors (Lipinski definition) is 2. The molecule has 0 heterocycles. The van der Waals surface area contributed by atoms with Gasteiger partial charge in [-0.2, -0.15) is 0 Å². The molecule has 108 valence electrons. The predicted molar refractivity (Wildman–Crippen MR) is 82.7 cm³/mol. The Morgan fingerprint density at radius 1 is 1.11 bits per heavy atom. The standard InChI is InChI=1S/C17H29NO/c1-5-12-19-16-11-9-10-15(13-16)17(18-8-4)14(6-2)7-3/h9-11,13-14,17-18H,5-8,12H2,1-4H3. The molecule has 0 spiro atoms. The number of rotatable bonds is 9. The molecule has 2 nitrogen and oxygen atoms in total. The summed E-state index contributed by atoms with van der Waals surface area (Å²) in [6.45, 7) is 10.6. The fraction of sp³-hybridized carbons (Fsp3) is 0.647. The van der Waals surface area contributed by atoms with Crippen molar-refractivity contribution in [2.45, 2.75) is 53.0 Å². The van der Waals surface area contributed by atoms with Crippen molar-refractivity contribution in [3.63, 3.8) is 0 Å². The molecule has 1 rings (SSSR count). The molecule has 19 heavy (non-hydrogen) atoms. The van der Waals surface area contributed by atoms with E-state index in [9.17, 15) is 0 Å². The normalized spacial score (nSPS) is 12.7. The van der Waals surface area contributed by atoms with Crippen LogP contribution in [0.2, 0.25) is 0 Å². The maximum Gasteiger partial charge on any atom is 0.119 e. The molecule has 1 atom stereocenters. The first-order valence-corrected chi connectivity index (χ1v) is 7.72. The van der Waals surface area contributed by atoms with E-state index >= 15 is 0 Å². The quantitative estimate of drug-likeness (QED) is 0.705. The molecule has 1 unspecified atom stereocenters. The molecule has 1 N–H and O–H groups in total. The van der Waals surface area contributed by atoms with Crippen LogP contribution < -0.4 is 10.1 Å². The van der Waals surface area contributed by atoms with Crippen molar-refractivity contribution in [1.82, 2.24) is 5.32 Å². The summed E-state index contributed by atoms with van der Waals surface area (Å²) in [6, 6.07) is 9.00. The van der Waals surface area contributed by atoms with Crippen molar-refractivity contribution >= 4 is 0 Å². The summed E-state index contributed by atoms with van der Waals surface area (Å²) >= 11 is 0. The molecule has 0 radical (unpaired) electrons. The molecule has 0 fully saturated rings. The van der Waals surface area contributed by atoms with E-state index in [1.807, 2.05) is 0 Å². The minimum Gasteiger partial charge on any atom is -0.494 e. The lowest BCUT2D eigenvalue weighted by molar-refractivity contribution is 0.313. The van der Waals surface area contributed by atoms with Crippen LogP contribution in [-0.4, -0.2) is 13.2 Å². The van der Waals surface area contributed by atoms with E-state index in [0.29, 0.717) is 12.0 Å². The van der Waals surface area contributed by atoms with Gasteiger partial charge in [0.25, 0.3) is 0 Å². The molecule has 0 aromatic heterocycles. The number of benzene rings is 1. The summed E-state index contributed by atoms with van der Waals surface area (Å²) in [7, 11) is 0. The molecule has 0 bridgehead atoms. The van der Waals surface area contributed by atoms with Gasteiger partial charge in [-0.3, -0.25) is 0 Å². The Morgan fingerprint density at radius 3 is 2.42 bits per heavy atom. The summed E-state index contributed by atoms with van der Waals surface area (Å²) in [5.41, 5.74) is 1.35. The van der Waals surface area contributed by atoms with Crippen LogP contribution in [0, 0.1) is 5.92 Å². The Morgan fingerprint density at radius 2 is 1.84 bits per heavy atom. The topological polar surface area (TPSA) is 21.3 Å². The zero-order valence-electron chi connectivity index (χ0n) is 12.9. The predicted octanol–water partition coefficient (Wildman–Crippen LogP) is 4.56. The van der Waals surface area contributed by atoms with Crippen LogP contribution in [0.3, 0.4) is 0 Å². The highest BCUT2D eigenvalue weighted by molar-refractivity contribution is 5.31. The van der Waals surface area contributed by atoms with Crippen molar-refractivity contribution in [2.75, 3.05) is 13.2 Å². The summed E-state index contributed by atoms with van der Waals surface area (Å²) in [6.07, 6.45) is 3.45. The first-order chi connectivity index (χ1) is 9.26. The van der Waals surface area contributed by atoms with Gasteiger partial charge in [-0.25, -0.2) is 0 Å². The largest absolute Gasteiger partial charge is 0.494 e. The fourth-order valence-corrected chi connectivity index (χ4v) is 2.55. The lowest BCUT2D eigenvalue weighted by Gasteiger charge is -2.27. The smallest absolute Gasteiger partial charge is 0.119 e. The van der Waals surface area contributed by atoms with Crippen molar-refractivity contribution in [3.8, 4) is 5.75 Å². The molecule has 0 amide bonds. The van der Waals surface area contributed by atoms with Gasteiger partial charge >= 0.3 is 0 Å². The SMILES string of the molecule is CCCOc1cccc(C(NCC)C(CC)CC)c1. The number of hydrogen-bond donors (Lipinski definition) is 1. The Bertz CT molecular complexity index is 347. The monoisotopic (exact) mass is 263 g/mol. The molecule has 0 aliphatic heterocycles. The maximum atomic E-state index is 5.74. The van der Waals surface area contributed by atoms with Crippen LogP contribution in [0.25, 0.3) is 0 Å². The van der Waals surface area contributed by atoms with E-state index in [-0.39, 0.29) is 0 Å². The molecular formula is C17H29NO. The van der Waals surface area contributed by atoms with Crippen LogP contribution in [0.4, 0.5) is 0 Å². The minimum absolute atomic E-state index is 0.435. The van der Waals surface area contributed by atoms with Gasteiger partial charge in [-0.05, 0) is 36.6 Å². The molecule has 0 aliphatic rings. The second-order valence-corrected chi connectivity index (χ2v) is 5.03. The van der Waals surface area contributed by atoms with Gasteiger partial charge in [0, 0.05) is 6.04 Å². The zero-order valence-corrected chi connectivity index (χ0v) is 12.9. The molecule has 0 saturated carbocycles. The van der Waals surface area contributed by atoms with Gasteiger partial charge in [-0.1, -0.05) is 52.7 Å². The molecule has 0 aliphatic carbocycles. The first-order valence-electron chi connectivity index (χ1n) is 7.72. The summed E-state index contributed by atoms with van der Waals surface area (Å²) in [5.74, 6) is 1.68. The van der Waals surface area contributed by atoms with Gasteiger partial charge in [0.1, 0.15) is 5.75 Å². The van der Waals surface area contributed by atoms with E-state index < -0.39 is 0 Å². The van der Waals surface area contributed by atoms with Crippen molar-refractivity contribution < 1.29 is 4.74 Å². The van der Waals surface area contributed by atoms with Crippen LogP contribution >= 0.6 is 0 Å². The molecule has 1 aromatic carbocycles. The fourth-order valence-electron chi connectivity index (χ4n) is 2.55. The highest BCUT2D eigenvalue weighted by atomic mass is 16.5. The van der Waals surface area contributed by atoms with E-state index in [0.717, 1.165) is 25.3 Å². The van der Waals surface area contributed by atoms with E-state index in [1.165, 1.54) is 18.4 Å². The molecular weight excluding hydrogens is 234 g/mol. The van der Waals surface area contributed by atoms with Crippen molar-refractivity contribution in [2.24, 2.45) is 5.92 Å². The zero-order chi connectivity index (χ0) is 14.1. The molecule has 2 heteroatoms. The number of ether oxygens (including phenoxy) is 1. The highest BCUT2D eigenvalue weighted by Gasteiger charge is 2.19. The number of nitrogens with one attached hydrogen (secondary N) is 1. The molecule has 0 saturated heterocycles. The third kappa shape index (κ3) is 4.87. The van der Waals surface area contributed by atoms with Crippen LogP contribution in [0.15, 0.2) is 24.3 Å².